The lowest BCUT2D eigenvalue weighted by molar-refractivity contribution is 5.75. The first-order chi connectivity index (χ1) is 0. The summed E-state index contributed by atoms with van der Waals surface area (Å²) >= 11 is 0. The molecule has 0 aromatic rings. The summed E-state index contributed by atoms with van der Waals surface area (Å²) in [6.07, 6.45) is 0. The van der Waals surface area contributed by atoms with Crippen molar-refractivity contribution in [1.82, 2.24) is 0 Å². The smallest absolute Gasteiger partial charge is 0 e. The van der Waals surface area contributed by atoms with E-state index in [2.05, 4.69) is 0 Å². The third-order valence-corrected chi connectivity index (χ3v) is 0. The van der Waals surface area contributed by atoms with Crippen molar-refractivity contribution < 1.29 is 0 Å². The highest BCUT2D eigenvalue weighted by Crippen LogP contribution is -0.378. The van der Waals surface area contributed by atoms with Gasteiger partial charge in [0.25, 0.3) is 0 Å². The lowest BCUT2D eigenvalue weighted by Crippen LogP contribution is -0.382. The normalized spacial score (nSPS) is 0. The van der Waals surface area contributed by atoms with Gasteiger partial charge in [0.15, 0.2) is 0 Å². The van der Waals surface area contributed by atoms with Crippen LogP contribution in [0.4, 0.5) is 0 Å². The summed E-state index contributed by atoms with van der Waals surface area (Å²) in [5, 5.41) is 0. The molecule has 0 spiro atoms. The summed E-state index contributed by atoms with van der Waals surface area (Å²) in [4.78, 5) is 0. The van der Waals surface area contributed by atoms with Crippen LogP contribution in [0, 0.1) is 0 Å². The summed E-state index contributed by atoms with van der Waals surface area (Å²) in [6, 6.07) is 0. The van der Waals surface area contributed by atoms with E-state index in [0.717, 1.165) is 0 Å². The third kappa shape index (κ3) is 10.8. The van der Waals surface area contributed by atoms with E-state index < -0.39 is 0 Å². The maximum Gasteiger partial charge on any atom is 0 e. The summed E-state index contributed by atoms with van der Waals surface area (Å²) in [5.41, 5.74) is 0. The fourth-order valence-electron chi connectivity index (χ4n) is 0. The van der Waals surface area contributed by atoms with Gasteiger partial charge in [-0.15, -0.1) is 0 Å². The molecular formula is H4AlSi3. The Morgan fingerprint density at radius 1 is 0.750 bits per heavy atom. The minimum Gasteiger partial charge on any atom is -0.0149 e. The van der Waals surface area contributed by atoms with Crippen LogP contribution in [0.2, 0.25) is 0 Å². The monoisotopic (exact) mass is 115 g/mol. The van der Waals surface area contributed by atoms with Crippen molar-refractivity contribution in [2.45, 2.75) is 0 Å². The lowest BCUT2D eigenvalue weighted by atomic mass is 27.0. The fraction of sp³-hybridized carbons (Fsp3) is 0. The van der Waals surface area contributed by atoms with Crippen LogP contribution in [0.1, 0.15) is 0 Å². The van der Waals surface area contributed by atoms with Crippen LogP contribution in [0.15, 0.2) is 0 Å². The second kappa shape index (κ2) is 30.3. The molecule has 0 nitrogen and oxygen atoms in total. The molecule has 0 rings (SSSR count). The number of hydrogen-bond donors (Lipinski definition) is 0. The second-order valence-electron chi connectivity index (χ2n) is 0. The first-order valence-corrected chi connectivity index (χ1v) is 0. The highest BCUT2D eigenvalue weighted by atomic mass is 28.1. The maximum atomic E-state index is 0. The predicted molar refractivity (Wildman–Crippen MR) is 28.6 cm³/mol. The average molecular weight is 115 g/mol. The van der Waals surface area contributed by atoms with E-state index in [1.165, 1.54) is 0 Å². The average Bonchev–Trinajstić information content (AvgIpc) is 0. The molecule has 0 saturated carbocycles. The molecule has 0 aromatic carbocycles. The number of hydrogen-bond acceptors (Lipinski definition) is 0. The van der Waals surface area contributed by atoms with E-state index in [0.29, 0.717) is 0 Å². The van der Waals surface area contributed by atoms with Crippen LogP contribution in [-0.2, 0) is 0 Å². The maximum absolute atomic E-state index is 0. The van der Waals surface area contributed by atoms with Gasteiger partial charge in [0.05, 0.1) is 0 Å². The van der Waals surface area contributed by atoms with Gasteiger partial charge in [-0.25, -0.2) is 0 Å². The Kier molecular flexibility index (Phi) is 490. The molecule has 0 aliphatic heterocycles. The zero-order chi connectivity index (χ0) is 0. The molecule has 0 fully saturated rings. The first-order valence-electron chi connectivity index (χ1n) is 0. The van der Waals surface area contributed by atoms with Crippen molar-refractivity contribution in [2.24, 2.45) is 0 Å². The SMILES string of the molecule is [Al].[SiH4].[Si].[Si]. The molecule has 0 saturated heterocycles. The van der Waals surface area contributed by atoms with E-state index in [1.807, 2.05) is 0 Å². The van der Waals surface area contributed by atoms with E-state index in [1.54, 1.807) is 0 Å². The van der Waals surface area contributed by atoms with Crippen LogP contribution >= 0.6 is 0 Å². The molecule has 0 bridgehead atoms. The van der Waals surface area contributed by atoms with Crippen molar-refractivity contribution in [3.8, 4) is 0 Å². The van der Waals surface area contributed by atoms with Crippen LogP contribution < -0.4 is 0 Å². The molecule has 0 heterocycles. The zero-order valence-corrected chi connectivity index (χ0v) is 4.73. The van der Waals surface area contributed by atoms with Gasteiger partial charge in [-0.2, -0.15) is 0 Å². The molecule has 11 radical (unpaired) electrons. The standard InChI is InChI=1S/Al.H4Si.2Si/h;1H4;;. The molecule has 0 amide bonds. The molecule has 19 valence electrons. The van der Waals surface area contributed by atoms with Gasteiger partial charge < -0.3 is 0 Å². The number of rotatable bonds is 0. The highest BCUT2D eigenvalue weighted by Gasteiger charge is 0.00218. The van der Waals surface area contributed by atoms with Gasteiger partial charge in [-0.3, -0.25) is 0 Å². The molecular weight excluding hydrogens is 111 g/mol. The third-order valence-electron chi connectivity index (χ3n) is 0. The Morgan fingerprint density at radius 3 is 0.750 bits per heavy atom. The predicted octanol–water partition coefficient (Wildman–Crippen LogP) is -2.59. The van der Waals surface area contributed by atoms with Gasteiger partial charge in [-0.05, 0) is 11.0 Å². The van der Waals surface area contributed by atoms with Gasteiger partial charge in [-0.1, -0.05) is 0 Å². The minimum atomic E-state index is 0. The van der Waals surface area contributed by atoms with Crippen molar-refractivity contribution in [1.29, 1.82) is 0 Å². The molecule has 0 aliphatic rings. The second-order valence-corrected chi connectivity index (χ2v) is 0. The quantitative estimate of drug-likeness (QED) is 0.304. The van der Waals surface area contributed by atoms with Crippen molar-refractivity contribution in [3.05, 3.63) is 0 Å². The summed E-state index contributed by atoms with van der Waals surface area (Å²) in [6.45, 7) is 0. The van der Waals surface area contributed by atoms with Crippen LogP contribution in [-0.4, -0.2) is 50.3 Å². The van der Waals surface area contributed by atoms with Crippen molar-refractivity contribution in [2.75, 3.05) is 0 Å². The lowest BCUT2D eigenvalue weighted by Gasteiger charge is -0.0150. The first kappa shape index (κ1) is 64.8. The van der Waals surface area contributed by atoms with E-state index in [-0.39, 0.29) is 50.3 Å². The van der Waals surface area contributed by atoms with Gasteiger partial charge >= 0.3 is 0 Å². The molecule has 0 atom stereocenters. The Balaban J connectivity index is 0. The van der Waals surface area contributed by atoms with Crippen LogP contribution in [0.5, 0.6) is 0 Å². The molecule has 0 unspecified atom stereocenters. The van der Waals surface area contributed by atoms with Gasteiger partial charge in [0.1, 0.15) is 0 Å². The van der Waals surface area contributed by atoms with E-state index >= 15 is 0 Å². The summed E-state index contributed by atoms with van der Waals surface area (Å²) in [7, 11) is 0. The zero-order valence-electron chi connectivity index (χ0n) is 1.58. The van der Waals surface area contributed by atoms with Gasteiger partial charge in [0, 0.05) is 39.3 Å². The Hall–Kier alpha value is 1.18. The molecule has 0 N–H and O–H groups in total. The van der Waals surface area contributed by atoms with Crippen molar-refractivity contribution >= 4 is 50.3 Å². The van der Waals surface area contributed by atoms with Crippen molar-refractivity contribution in [3.63, 3.8) is 0 Å². The highest BCUT2D eigenvalue weighted by molar-refractivity contribution is 5.76. The van der Waals surface area contributed by atoms with Gasteiger partial charge in [0.2, 0.25) is 0 Å². The molecule has 4 heteroatoms. The topological polar surface area (TPSA) is 0 Å². The fourth-order valence-corrected chi connectivity index (χ4v) is 0. The summed E-state index contributed by atoms with van der Waals surface area (Å²) in [5.74, 6) is 0. The molecule has 4 heavy (non-hydrogen) atoms. The Bertz CT molecular complexity index is 3.25. The molecule has 0 aromatic heterocycles. The largest absolute Gasteiger partial charge is 0.0149 e. The molecule has 0 aliphatic carbocycles. The van der Waals surface area contributed by atoms with Crippen LogP contribution in [0.25, 0.3) is 0 Å². The summed E-state index contributed by atoms with van der Waals surface area (Å²) < 4.78 is 0. The van der Waals surface area contributed by atoms with Crippen LogP contribution in [0.3, 0.4) is 0 Å². The Labute approximate surface area is 50.6 Å². The Morgan fingerprint density at radius 2 is 0.750 bits per heavy atom. The minimum absolute atomic E-state index is 0. The van der Waals surface area contributed by atoms with E-state index in [9.17, 15) is 0 Å². The van der Waals surface area contributed by atoms with E-state index in [4.69, 9.17) is 0 Å².